The van der Waals surface area contributed by atoms with E-state index in [0.29, 0.717) is 0 Å². The molecule has 132 valence electrons. The van der Waals surface area contributed by atoms with Gasteiger partial charge in [0.25, 0.3) is 0 Å². The quantitative estimate of drug-likeness (QED) is 0.346. The van der Waals surface area contributed by atoms with E-state index in [9.17, 15) is 0 Å². The first-order valence-electron chi connectivity index (χ1n) is 7.19. The number of hydrogen-bond acceptors (Lipinski definition) is 8. The van der Waals surface area contributed by atoms with E-state index in [1.807, 2.05) is 0 Å². The van der Waals surface area contributed by atoms with Crippen LogP contribution in [-0.4, -0.2) is 32.8 Å². The Labute approximate surface area is 141 Å². The summed E-state index contributed by atoms with van der Waals surface area (Å²) in [6, 6.07) is -0.349. The lowest BCUT2D eigenvalue weighted by Crippen LogP contribution is -2.25. The summed E-state index contributed by atoms with van der Waals surface area (Å²) < 4.78 is 5.26. The summed E-state index contributed by atoms with van der Waals surface area (Å²) in [7, 11) is 0. The molecule has 0 saturated heterocycles. The molecule has 0 saturated carbocycles. The van der Waals surface area contributed by atoms with Gasteiger partial charge in [0.1, 0.15) is 17.8 Å². The summed E-state index contributed by atoms with van der Waals surface area (Å²) in [6.07, 6.45) is 4.67. The summed E-state index contributed by atoms with van der Waals surface area (Å²) >= 11 is 0. The predicted molar refractivity (Wildman–Crippen MR) is 87.5 cm³/mol. The van der Waals surface area contributed by atoms with Crippen molar-refractivity contribution in [3.8, 4) is 18.0 Å². The first-order valence-corrected chi connectivity index (χ1v) is 7.19. The third-order valence-electron chi connectivity index (χ3n) is 2.55. The Morgan fingerprint density at radius 1 is 0.792 bits per heavy atom. The van der Waals surface area contributed by atoms with Crippen LogP contribution in [-0.2, 0) is 9.78 Å². The topological polar surface area (TPSA) is 84.8 Å². The zero-order valence-corrected chi connectivity index (χ0v) is 14.4. The minimum atomic E-state index is -0.739. The van der Waals surface area contributed by atoms with E-state index in [1.165, 1.54) is 0 Å². The fourth-order valence-electron chi connectivity index (χ4n) is 0.950. The summed E-state index contributed by atoms with van der Waals surface area (Å²) in [5.74, 6) is 0. The lowest BCUT2D eigenvalue weighted by molar-refractivity contribution is -0.277. The van der Waals surface area contributed by atoms with E-state index in [0.717, 1.165) is 0 Å². The van der Waals surface area contributed by atoms with E-state index >= 15 is 0 Å². The highest BCUT2D eigenvalue weighted by molar-refractivity contribution is 5.08. The number of nitrogens with zero attached hydrogens (tertiary/aromatic N) is 3. The molecule has 24 heavy (non-hydrogen) atoms. The average Bonchev–Trinajstić information content (AvgIpc) is 2.56. The molecular weight excluding hydrogens is 314 g/mol. The van der Waals surface area contributed by atoms with Crippen molar-refractivity contribution in [2.45, 2.75) is 38.9 Å². The fourth-order valence-corrected chi connectivity index (χ4v) is 0.950. The fraction of sp³-hybridized carbons (Fsp3) is 0.438. The van der Waals surface area contributed by atoms with Gasteiger partial charge in [-0.25, -0.2) is 0 Å². The van der Waals surface area contributed by atoms with Gasteiger partial charge < -0.3 is 4.74 Å². The third kappa shape index (κ3) is 6.76. The number of rotatable bonds is 11. The Hall–Kier alpha value is -2.45. The molecule has 0 aliphatic heterocycles. The highest BCUT2D eigenvalue weighted by atomic mass is 17.2. The highest BCUT2D eigenvalue weighted by Gasteiger charge is 2.20. The smallest absolute Gasteiger partial charge is 0.362 e. The summed E-state index contributed by atoms with van der Waals surface area (Å²) in [5, 5.41) is 0. The van der Waals surface area contributed by atoms with Crippen LogP contribution in [0.3, 0.4) is 0 Å². The monoisotopic (exact) mass is 337 g/mol. The van der Waals surface area contributed by atoms with Crippen molar-refractivity contribution in [3.63, 3.8) is 0 Å². The van der Waals surface area contributed by atoms with Gasteiger partial charge >= 0.3 is 18.0 Å². The van der Waals surface area contributed by atoms with Crippen LogP contribution in [0, 0.1) is 0 Å². The van der Waals surface area contributed by atoms with Crippen molar-refractivity contribution in [1.29, 1.82) is 0 Å². The molecule has 0 aliphatic rings. The van der Waals surface area contributed by atoms with Crippen molar-refractivity contribution in [3.05, 3.63) is 38.0 Å². The van der Waals surface area contributed by atoms with Gasteiger partial charge in [0.2, 0.25) is 0 Å². The molecular formula is C16H23N3O5. The molecule has 0 spiro atoms. The van der Waals surface area contributed by atoms with Gasteiger partial charge in [0.15, 0.2) is 0 Å². The summed E-state index contributed by atoms with van der Waals surface area (Å²) in [4.78, 5) is 32.4. The predicted octanol–water partition coefficient (Wildman–Crippen LogP) is 2.99. The zero-order valence-electron chi connectivity index (χ0n) is 14.4. The molecule has 1 aromatic heterocycles. The van der Waals surface area contributed by atoms with Crippen LogP contribution < -0.4 is 14.5 Å². The minimum Gasteiger partial charge on any atom is -0.459 e. The second-order valence-electron chi connectivity index (χ2n) is 5.73. The number of ether oxygens (including phenoxy) is 1. The molecule has 0 unspecified atom stereocenters. The van der Waals surface area contributed by atoms with Crippen LogP contribution in [0.4, 0.5) is 0 Å². The van der Waals surface area contributed by atoms with Crippen molar-refractivity contribution < 1.29 is 24.3 Å². The van der Waals surface area contributed by atoms with Gasteiger partial charge in [-0.05, 0) is 27.7 Å². The first kappa shape index (κ1) is 19.6. The SMILES string of the molecule is C=CCOc1nc(OOC(C)(C)C=C)nc(OOC(C)(C)C=C)n1. The van der Waals surface area contributed by atoms with E-state index in [4.69, 9.17) is 24.3 Å². The van der Waals surface area contributed by atoms with Crippen LogP contribution in [0.1, 0.15) is 27.7 Å². The second-order valence-corrected chi connectivity index (χ2v) is 5.73. The molecule has 0 fully saturated rings. The van der Waals surface area contributed by atoms with Gasteiger partial charge in [-0.1, -0.05) is 24.8 Å². The maximum atomic E-state index is 5.26. The molecule has 0 N–H and O–H groups in total. The standard InChI is InChI=1S/C16H23N3O5/c1-8-11-20-12-17-13(21-23-15(4,5)9-2)19-14(18-12)22-24-16(6,7)10-3/h8-10H,1-3,11H2,4-7H3. The largest absolute Gasteiger partial charge is 0.459 e. The van der Waals surface area contributed by atoms with Gasteiger partial charge in [-0.3, -0.25) is 9.78 Å². The molecule has 1 rings (SSSR count). The normalized spacial score (nSPS) is 11.5. The number of aromatic nitrogens is 3. The Morgan fingerprint density at radius 2 is 1.21 bits per heavy atom. The summed E-state index contributed by atoms with van der Waals surface area (Å²) in [6.45, 7) is 18.0. The molecule has 0 radical (unpaired) electrons. The maximum Gasteiger partial charge on any atom is 0.362 e. The summed E-state index contributed by atoms with van der Waals surface area (Å²) in [5.41, 5.74) is -1.48. The third-order valence-corrected chi connectivity index (χ3v) is 2.55. The van der Waals surface area contributed by atoms with E-state index in [-0.39, 0.29) is 24.6 Å². The van der Waals surface area contributed by atoms with E-state index in [1.54, 1.807) is 45.9 Å². The van der Waals surface area contributed by atoms with Crippen molar-refractivity contribution in [1.82, 2.24) is 15.0 Å². The molecule has 0 amide bonds. The maximum absolute atomic E-state index is 5.26. The average molecular weight is 337 g/mol. The van der Waals surface area contributed by atoms with Gasteiger partial charge in [-0.15, -0.1) is 28.1 Å². The Balaban J connectivity index is 2.92. The molecule has 0 aromatic carbocycles. The van der Waals surface area contributed by atoms with E-state index < -0.39 is 11.2 Å². The molecule has 0 atom stereocenters. The molecule has 1 aromatic rings. The van der Waals surface area contributed by atoms with Crippen molar-refractivity contribution >= 4 is 0 Å². The molecule has 0 bridgehead atoms. The Bertz CT molecular complexity index is 545. The second kappa shape index (κ2) is 8.42. The van der Waals surface area contributed by atoms with Crippen LogP contribution in [0.25, 0.3) is 0 Å². The van der Waals surface area contributed by atoms with Crippen LogP contribution in [0.15, 0.2) is 38.0 Å². The van der Waals surface area contributed by atoms with Crippen LogP contribution in [0.2, 0.25) is 0 Å². The Morgan fingerprint density at radius 3 is 1.58 bits per heavy atom. The van der Waals surface area contributed by atoms with Gasteiger partial charge in [-0.2, -0.15) is 9.78 Å². The minimum absolute atomic E-state index is 0.0325. The van der Waals surface area contributed by atoms with Crippen molar-refractivity contribution in [2.75, 3.05) is 6.61 Å². The molecule has 1 heterocycles. The van der Waals surface area contributed by atoms with Crippen LogP contribution >= 0.6 is 0 Å². The van der Waals surface area contributed by atoms with Gasteiger partial charge in [0, 0.05) is 0 Å². The molecule has 8 nitrogen and oxygen atoms in total. The Kier molecular flexibility index (Phi) is 6.87. The van der Waals surface area contributed by atoms with Crippen LogP contribution in [0.5, 0.6) is 18.0 Å². The molecule has 0 aliphatic carbocycles. The molecule has 8 heteroatoms. The highest BCUT2D eigenvalue weighted by Crippen LogP contribution is 2.19. The lowest BCUT2D eigenvalue weighted by atomic mass is 10.1. The van der Waals surface area contributed by atoms with Gasteiger partial charge in [0.05, 0.1) is 0 Å². The first-order chi connectivity index (χ1) is 11.2. The van der Waals surface area contributed by atoms with Crippen molar-refractivity contribution in [2.24, 2.45) is 0 Å². The number of hydrogen-bond donors (Lipinski definition) is 0. The van der Waals surface area contributed by atoms with E-state index in [2.05, 4.69) is 34.7 Å². The lowest BCUT2D eigenvalue weighted by Gasteiger charge is -2.19. The zero-order chi connectivity index (χ0) is 18.2.